The number of benzene rings is 1. The fourth-order valence-electron chi connectivity index (χ4n) is 2.35. The number of thiazole rings is 1. The van der Waals surface area contributed by atoms with E-state index in [9.17, 15) is 22.8 Å². The maximum atomic E-state index is 12.3. The number of carbonyl (C=O) groups excluding carboxylic acids is 3. The topological polar surface area (TPSA) is 126 Å². The van der Waals surface area contributed by atoms with Gasteiger partial charge in [0.2, 0.25) is 5.91 Å². The van der Waals surface area contributed by atoms with E-state index in [1.54, 1.807) is 19.2 Å². The zero-order valence-corrected chi connectivity index (χ0v) is 17.8. The lowest BCUT2D eigenvalue weighted by Gasteiger charge is -2.13. The van der Waals surface area contributed by atoms with E-state index in [0.29, 0.717) is 16.2 Å². The van der Waals surface area contributed by atoms with E-state index in [4.69, 9.17) is 0 Å². The number of hydrogen-bond acceptors (Lipinski definition) is 8. The third-order valence-electron chi connectivity index (χ3n) is 3.71. The molecule has 2 N–H and O–H groups in total. The van der Waals surface area contributed by atoms with Crippen LogP contribution in [0.2, 0.25) is 0 Å². The van der Waals surface area contributed by atoms with Gasteiger partial charge < -0.3 is 5.32 Å². The largest absolute Gasteiger partial charge is 0.325 e. The normalized spacial score (nSPS) is 14.3. The Hall–Kier alpha value is -2.70. The minimum absolute atomic E-state index is 0.000183. The Morgan fingerprint density at radius 1 is 1.17 bits per heavy atom. The Bertz CT molecular complexity index is 1090. The van der Waals surface area contributed by atoms with Crippen LogP contribution in [0, 0.1) is 0 Å². The van der Waals surface area contributed by atoms with Crippen LogP contribution in [0.3, 0.4) is 0 Å². The van der Waals surface area contributed by atoms with E-state index in [0.717, 1.165) is 28.0 Å². The number of nitrogens with zero attached hydrogens (tertiary/aromatic N) is 2. The van der Waals surface area contributed by atoms with Crippen molar-refractivity contribution in [2.24, 2.45) is 0 Å². The van der Waals surface area contributed by atoms with Gasteiger partial charge in [-0.15, -0.1) is 11.3 Å². The first-order valence-corrected chi connectivity index (χ1v) is 11.4. The molecule has 1 aliphatic heterocycles. The maximum absolute atomic E-state index is 12.3. The monoisotopic (exact) mass is 452 g/mol. The fraction of sp³-hybridized carbons (Fsp3) is 0.176. The van der Waals surface area contributed by atoms with E-state index in [2.05, 4.69) is 15.0 Å². The molecule has 152 valence electrons. The Kier molecular flexibility index (Phi) is 6.05. The number of sulfonamides is 1. The standard InChI is InChI=1S/C17H16N4O5S3/c1-10(2)14-15(23)21(17(24)28-14)9-13(22)19-11-3-5-12(6-4-11)29(25,26)20-16-18-7-8-27-16/h3-8H,9H2,1-2H3,(H,18,20)(H,19,22). The summed E-state index contributed by atoms with van der Waals surface area (Å²) in [7, 11) is -3.80. The van der Waals surface area contributed by atoms with Crippen molar-refractivity contribution in [3.05, 3.63) is 46.3 Å². The molecule has 1 aromatic heterocycles. The lowest BCUT2D eigenvalue weighted by atomic mass is 10.3. The molecule has 29 heavy (non-hydrogen) atoms. The molecule has 9 nitrogen and oxygen atoms in total. The second kappa shape index (κ2) is 8.35. The second-order valence-electron chi connectivity index (χ2n) is 6.10. The molecule has 1 aliphatic rings. The van der Waals surface area contributed by atoms with E-state index in [-0.39, 0.29) is 10.0 Å². The molecule has 0 atom stereocenters. The first kappa shape index (κ1) is 21.0. The van der Waals surface area contributed by atoms with Crippen LogP contribution >= 0.6 is 23.1 Å². The minimum atomic E-state index is -3.80. The number of hydrogen-bond donors (Lipinski definition) is 2. The van der Waals surface area contributed by atoms with Crippen molar-refractivity contribution in [2.45, 2.75) is 18.7 Å². The van der Waals surface area contributed by atoms with Crippen LogP contribution < -0.4 is 10.0 Å². The molecule has 0 bridgehead atoms. The number of nitrogens with one attached hydrogen (secondary N) is 2. The molecule has 3 rings (SSSR count). The van der Waals surface area contributed by atoms with Crippen LogP contribution in [0.4, 0.5) is 15.6 Å². The number of carbonyl (C=O) groups is 3. The number of anilines is 2. The number of thioether (sulfide) groups is 1. The third-order valence-corrected chi connectivity index (χ3v) is 7.06. The average molecular weight is 453 g/mol. The Balaban J connectivity index is 1.64. The van der Waals surface area contributed by atoms with Gasteiger partial charge in [0.25, 0.3) is 21.2 Å². The van der Waals surface area contributed by atoms with Crippen molar-refractivity contribution in [1.82, 2.24) is 9.88 Å². The molecule has 0 aliphatic carbocycles. The first-order valence-electron chi connectivity index (χ1n) is 8.21. The average Bonchev–Trinajstić information content (AvgIpc) is 3.25. The van der Waals surface area contributed by atoms with E-state index in [1.165, 1.54) is 30.5 Å². The number of imide groups is 1. The Morgan fingerprint density at radius 3 is 2.41 bits per heavy atom. The quantitative estimate of drug-likeness (QED) is 0.646. The smallest absolute Gasteiger partial charge is 0.294 e. The van der Waals surface area contributed by atoms with Gasteiger partial charge in [0.15, 0.2) is 5.13 Å². The molecule has 12 heteroatoms. The summed E-state index contributed by atoms with van der Waals surface area (Å²) < 4.78 is 27.0. The lowest BCUT2D eigenvalue weighted by molar-refractivity contribution is -0.127. The number of amides is 3. The highest BCUT2D eigenvalue weighted by Crippen LogP contribution is 2.32. The van der Waals surface area contributed by atoms with Crippen molar-refractivity contribution in [3.63, 3.8) is 0 Å². The Labute approximate surface area is 175 Å². The van der Waals surface area contributed by atoms with Crippen LogP contribution in [0.1, 0.15) is 13.8 Å². The third kappa shape index (κ3) is 4.83. The van der Waals surface area contributed by atoms with Crippen molar-refractivity contribution in [2.75, 3.05) is 16.6 Å². The first-order chi connectivity index (χ1) is 13.7. The summed E-state index contributed by atoms with van der Waals surface area (Å²) in [6.45, 7) is 3.01. The summed E-state index contributed by atoms with van der Waals surface area (Å²) in [5.74, 6) is -1.07. The number of rotatable bonds is 6. The lowest BCUT2D eigenvalue weighted by Crippen LogP contribution is -2.36. The summed E-state index contributed by atoms with van der Waals surface area (Å²) in [4.78, 5) is 41.4. The van der Waals surface area contributed by atoms with Crippen molar-refractivity contribution in [3.8, 4) is 0 Å². The second-order valence-corrected chi connectivity index (χ2v) is 9.64. The molecule has 0 saturated carbocycles. The highest BCUT2D eigenvalue weighted by molar-refractivity contribution is 8.18. The van der Waals surface area contributed by atoms with Crippen molar-refractivity contribution < 1.29 is 22.8 Å². The van der Waals surface area contributed by atoms with Gasteiger partial charge in [-0.25, -0.2) is 13.4 Å². The van der Waals surface area contributed by atoms with Gasteiger partial charge in [0.05, 0.1) is 9.80 Å². The van der Waals surface area contributed by atoms with Gasteiger partial charge in [-0.1, -0.05) is 5.57 Å². The van der Waals surface area contributed by atoms with Gasteiger partial charge in [-0.2, -0.15) is 0 Å². The van der Waals surface area contributed by atoms with Crippen molar-refractivity contribution in [1.29, 1.82) is 0 Å². The fourth-order valence-corrected chi connectivity index (χ4v) is 4.98. The molecular formula is C17H16N4O5S3. The van der Waals surface area contributed by atoms with Gasteiger partial charge >= 0.3 is 0 Å². The summed E-state index contributed by atoms with van der Waals surface area (Å²) in [5.41, 5.74) is 1.04. The van der Waals surface area contributed by atoms with Gasteiger partial charge in [-0.05, 0) is 49.9 Å². The summed E-state index contributed by atoms with van der Waals surface area (Å²) in [5, 5.41) is 3.93. The molecule has 1 fully saturated rings. The molecule has 3 amide bonds. The van der Waals surface area contributed by atoms with E-state index < -0.39 is 33.6 Å². The predicted octanol–water partition coefficient (Wildman–Crippen LogP) is 2.87. The molecule has 1 saturated heterocycles. The number of allylic oxidation sites excluding steroid dienone is 1. The zero-order valence-electron chi connectivity index (χ0n) is 15.3. The zero-order chi connectivity index (χ0) is 21.2. The molecule has 2 aromatic rings. The van der Waals surface area contributed by atoms with Crippen LogP contribution in [0.25, 0.3) is 0 Å². The SMILES string of the molecule is CC(C)=C1SC(=O)N(CC(=O)Nc2ccc(S(=O)(=O)Nc3nccs3)cc2)C1=O. The Morgan fingerprint density at radius 2 is 1.86 bits per heavy atom. The maximum Gasteiger partial charge on any atom is 0.294 e. The van der Waals surface area contributed by atoms with Gasteiger partial charge in [0.1, 0.15) is 6.54 Å². The predicted molar refractivity (Wildman–Crippen MR) is 111 cm³/mol. The van der Waals surface area contributed by atoms with E-state index in [1.807, 2.05) is 0 Å². The van der Waals surface area contributed by atoms with Crippen LogP contribution in [-0.4, -0.2) is 41.9 Å². The van der Waals surface area contributed by atoms with Crippen molar-refractivity contribution >= 4 is 61.0 Å². The highest BCUT2D eigenvalue weighted by atomic mass is 32.2. The molecule has 0 unspecified atom stereocenters. The molecular weight excluding hydrogens is 436 g/mol. The van der Waals surface area contributed by atoms with Gasteiger partial charge in [0, 0.05) is 17.3 Å². The van der Waals surface area contributed by atoms with Crippen LogP contribution in [0.15, 0.2) is 51.2 Å². The minimum Gasteiger partial charge on any atom is -0.325 e. The van der Waals surface area contributed by atoms with Crippen LogP contribution in [0.5, 0.6) is 0 Å². The molecule has 0 spiro atoms. The summed E-state index contributed by atoms with van der Waals surface area (Å²) >= 11 is 1.95. The summed E-state index contributed by atoms with van der Waals surface area (Å²) in [6, 6.07) is 5.49. The highest BCUT2D eigenvalue weighted by Gasteiger charge is 2.36. The molecule has 0 radical (unpaired) electrons. The molecule has 2 heterocycles. The number of aromatic nitrogens is 1. The summed E-state index contributed by atoms with van der Waals surface area (Å²) in [6.07, 6.45) is 1.48. The van der Waals surface area contributed by atoms with Gasteiger partial charge in [-0.3, -0.25) is 24.0 Å². The molecule has 1 aromatic carbocycles. The van der Waals surface area contributed by atoms with E-state index >= 15 is 0 Å². The van der Waals surface area contributed by atoms with Crippen LogP contribution in [-0.2, 0) is 19.6 Å².